The Balaban J connectivity index is 3.31. The van der Waals surface area contributed by atoms with Crippen molar-refractivity contribution >= 4 is 18.5 Å². The molecule has 0 unspecified atom stereocenters. The van der Waals surface area contributed by atoms with Gasteiger partial charge in [0.15, 0.2) is 12.6 Å². The van der Waals surface area contributed by atoms with E-state index in [1.165, 1.54) is 0 Å². The Hall–Kier alpha value is -1.91. The predicted molar refractivity (Wildman–Crippen MR) is 36.4 cm³/mol. The molecule has 0 spiro atoms. The largest absolute Gasteiger partial charge is 0.475 e. The second-order valence-electron chi connectivity index (χ2n) is 1.97. The Morgan fingerprint density at radius 2 is 2.08 bits per heavy atom. The number of carboxylic acid groups (broad SMARTS) is 1. The summed E-state index contributed by atoms with van der Waals surface area (Å²) in [5, 5.41) is 8.44. The van der Waals surface area contributed by atoms with E-state index in [-0.39, 0.29) is 17.4 Å². The molecule has 62 valence electrons. The molecule has 0 aliphatic carbocycles. The summed E-state index contributed by atoms with van der Waals surface area (Å²) in [6, 6.07) is 0. The zero-order valence-corrected chi connectivity index (χ0v) is 5.81. The summed E-state index contributed by atoms with van der Waals surface area (Å²) in [6.45, 7) is 0. The number of aromatic carboxylic acids is 1. The quantitative estimate of drug-likeness (QED) is 0.668. The van der Waals surface area contributed by atoms with Crippen LogP contribution in [-0.4, -0.2) is 23.6 Å². The van der Waals surface area contributed by atoms with Gasteiger partial charge in [0.25, 0.3) is 0 Å². The first-order valence-electron chi connectivity index (χ1n) is 2.95. The van der Waals surface area contributed by atoms with Crippen LogP contribution in [0.5, 0.6) is 0 Å². The lowest BCUT2D eigenvalue weighted by Crippen LogP contribution is -1.99. The van der Waals surface area contributed by atoms with Crippen molar-refractivity contribution in [3.8, 4) is 0 Å². The Labute approximate surface area is 66.6 Å². The summed E-state index contributed by atoms with van der Waals surface area (Å²) >= 11 is 0. The molecular formula is C7H4O5. The Kier molecular flexibility index (Phi) is 2.05. The van der Waals surface area contributed by atoms with Crippen molar-refractivity contribution in [3.63, 3.8) is 0 Å². The molecule has 0 radical (unpaired) electrons. The summed E-state index contributed by atoms with van der Waals surface area (Å²) in [5.74, 6) is -1.88. The van der Waals surface area contributed by atoms with Crippen LogP contribution in [0.1, 0.15) is 31.3 Å². The summed E-state index contributed by atoms with van der Waals surface area (Å²) in [5.41, 5.74) is -0.278. The van der Waals surface area contributed by atoms with E-state index in [0.717, 1.165) is 6.26 Å². The fraction of sp³-hybridized carbons (Fsp3) is 0. The van der Waals surface area contributed by atoms with E-state index in [9.17, 15) is 14.4 Å². The number of carbonyl (C=O) groups is 3. The van der Waals surface area contributed by atoms with Crippen LogP contribution in [0, 0.1) is 0 Å². The Morgan fingerprint density at radius 3 is 2.50 bits per heavy atom. The molecule has 0 aromatic carbocycles. The van der Waals surface area contributed by atoms with Crippen LogP contribution in [0.4, 0.5) is 0 Å². The molecule has 0 saturated heterocycles. The van der Waals surface area contributed by atoms with Crippen molar-refractivity contribution in [1.29, 1.82) is 0 Å². The fourth-order valence-corrected chi connectivity index (χ4v) is 0.759. The number of carbonyl (C=O) groups excluding carboxylic acids is 2. The minimum atomic E-state index is -1.37. The summed E-state index contributed by atoms with van der Waals surface area (Å²) < 4.78 is 4.48. The second kappa shape index (κ2) is 3.00. The molecule has 0 fully saturated rings. The molecule has 0 aliphatic heterocycles. The van der Waals surface area contributed by atoms with Crippen LogP contribution in [-0.2, 0) is 0 Å². The number of hydrogen-bond acceptors (Lipinski definition) is 4. The molecular weight excluding hydrogens is 164 g/mol. The van der Waals surface area contributed by atoms with Crippen LogP contribution in [0.2, 0.25) is 0 Å². The van der Waals surface area contributed by atoms with Crippen molar-refractivity contribution in [2.45, 2.75) is 0 Å². The zero-order valence-electron chi connectivity index (χ0n) is 5.81. The summed E-state index contributed by atoms with van der Waals surface area (Å²) in [7, 11) is 0. The van der Waals surface area contributed by atoms with E-state index in [0.29, 0.717) is 6.29 Å². The molecule has 1 aromatic rings. The van der Waals surface area contributed by atoms with Crippen molar-refractivity contribution in [2.24, 2.45) is 0 Å². The van der Waals surface area contributed by atoms with E-state index in [1.807, 2.05) is 0 Å². The summed E-state index contributed by atoms with van der Waals surface area (Å²) in [4.78, 5) is 30.8. The third kappa shape index (κ3) is 1.12. The number of aldehydes is 2. The van der Waals surface area contributed by atoms with E-state index in [1.54, 1.807) is 0 Å². The van der Waals surface area contributed by atoms with E-state index in [4.69, 9.17) is 5.11 Å². The maximum absolute atomic E-state index is 10.3. The molecule has 1 N–H and O–H groups in total. The van der Waals surface area contributed by atoms with Gasteiger partial charge >= 0.3 is 5.97 Å². The second-order valence-corrected chi connectivity index (χ2v) is 1.97. The lowest BCUT2D eigenvalue weighted by Gasteiger charge is -1.86. The van der Waals surface area contributed by atoms with Gasteiger partial charge in [0.1, 0.15) is 6.26 Å². The van der Waals surface area contributed by atoms with Crippen molar-refractivity contribution in [3.05, 3.63) is 23.2 Å². The number of carboxylic acids is 1. The zero-order chi connectivity index (χ0) is 9.14. The molecule has 1 rings (SSSR count). The topological polar surface area (TPSA) is 84.6 Å². The van der Waals surface area contributed by atoms with Gasteiger partial charge in [-0.25, -0.2) is 4.79 Å². The summed E-state index contributed by atoms with van der Waals surface area (Å²) in [6.07, 6.45) is 1.57. The van der Waals surface area contributed by atoms with E-state index in [2.05, 4.69) is 4.42 Å². The van der Waals surface area contributed by atoms with Crippen molar-refractivity contribution in [2.75, 3.05) is 0 Å². The third-order valence-corrected chi connectivity index (χ3v) is 1.30. The molecule has 12 heavy (non-hydrogen) atoms. The average Bonchev–Trinajstić information content (AvgIpc) is 2.46. The first kappa shape index (κ1) is 8.19. The maximum atomic E-state index is 10.3. The number of hydrogen-bond donors (Lipinski definition) is 1. The molecule has 0 atom stereocenters. The molecule has 5 nitrogen and oxygen atoms in total. The predicted octanol–water partition coefficient (Wildman–Crippen LogP) is 0.603. The van der Waals surface area contributed by atoms with Crippen LogP contribution < -0.4 is 0 Å². The molecule has 0 amide bonds. The van der Waals surface area contributed by atoms with E-state index < -0.39 is 11.7 Å². The number of rotatable bonds is 3. The van der Waals surface area contributed by atoms with Gasteiger partial charge in [-0.05, 0) is 0 Å². The third-order valence-electron chi connectivity index (χ3n) is 1.30. The minimum Gasteiger partial charge on any atom is -0.475 e. The monoisotopic (exact) mass is 168 g/mol. The van der Waals surface area contributed by atoms with E-state index >= 15 is 0 Å². The van der Waals surface area contributed by atoms with Gasteiger partial charge in [-0.15, -0.1) is 0 Å². The Bertz CT molecular complexity index is 336. The first-order valence-corrected chi connectivity index (χ1v) is 2.95. The van der Waals surface area contributed by atoms with Crippen LogP contribution in [0.15, 0.2) is 10.7 Å². The standard InChI is InChI=1S/C7H4O5/c8-1-4-3-12-6(7(10)11)5(4)2-9/h1-3H,(H,10,11). The van der Waals surface area contributed by atoms with Gasteiger partial charge in [0.2, 0.25) is 5.76 Å². The molecule has 0 saturated carbocycles. The molecule has 1 aromatic heterocycles. The van der Waals surface area contributed by atoms with Crippen LogP contribution >= 0.6 is 0 Å². The maximum Gasteiger partial charge on any atom is 0.372 e. The van der Waals surface area contributed by atoms with Gasteiger partial charge in [0, 0.05) is 0 Å². The van der Waals surface area contributed by atoms with Gasteiger partial charge < -0.3 is 9.52 Å². The fourth-order valence-electron chi connectivity index (χ4n) is 0.759. The lowest BCUT2D eigenvalue weighted by molar-refractivity contribution is 0.0659. The minimum absolute atomic E-state index is 0.0533. The van der Waals surface area contributed by atoms with Crippen molar-refractivity contribution < 1.29 is 23.9 Å². The van der Waals surface area contributed by atoms with Crippen LogP contribution in [0.3, 0.4) is 0 Å². The first-order chi connectivity index (χ1) is 5.70. The van der Waals surface area contributed by atoms with Gasteiger partial charge in [-0.1, -0.05) is 0 Å². The highest BCUT2D eigenvalue weighted by atomic mass is 16.4. The molecule has 5 heteroatoms. The molecule has 1 heterocycles. The van der Waals surface area contributed by atoms with Gasteiger partial charge in [-0.2, -0.15) is 0 Å². The lowest BCUT2D eigenvalue weighted by atomic mass is 10.2. The normalized spacial score (nSPS) is 9.33. The highest BCUT2D eigenvalue weighted by Crippen LogP contribution is 2.13. The smallest absolute Gasteiger partial charge is 0.372 e. The van der Waals surface area contributed by atoms with Crippen LogP contribution in [0.25, 0.3) is 0 Å². The Morgan fingerprint density at radius 1 is 1.42 bits per heavy atom. The molecule has 0 aliphatic rings. The molecule has 0 bridgehead atoms. The highest BCUT2D eigenvalue weighted by molar-refractivity contribution is 6.00. The highest BCUT2D eigenvalue weighted by Gasteiger charge is 2.17. The van der Waals surface area contributed by atoms with Gasteiger partial charge in [0.05, 0.1) is 11.1 Å². The SMILES string of the molecule is O=Cc1coc(C(=O)O)c1C=O. The van der Waals surface area contributed by atoms with Crippen molar-refractivity contribution in [1.82, 2.24) is 0 Å². The average molecular weight is 168 g/mol. The van der Waals surface area contributed by atoms with Gasteiger partial charge in [-0.3, -0.25) is 9.59 Å². The number of furan rings is 1.